The molecule has 7 rings (SSSR count). The van der Waals surface area contributed by atoms with E-state index in [-0.39, 0.29) is 29.2 Å². The molecule has 0 fully saturated rings. The van der Waals surface area contributed by atoms with Crippen molar-refractivity contribution in [2.45, 2.75) is 39.4 Å². The van der Waals surface area contributed by atoms with Gasteiger partial charge in [-0.25, -0.2) is 0 Å². The first-order valence-corrected chi connectivity index (χ1v) is 13.7. The van der Waals surface area contributed by atoms with E-state index in [1.807, 2.05) is 99.6 Å². The zero-order chi connectivity index (χ0) is 28.5. The van der Waals surface area contributed by atoms with E-state index in [0.29, 0.717) is 28.8 Å². The van der Waals surface area contributed by atoms with Gasteiger partial charge in [0, 0.05) is 12.1 Å². The monoisotopic (exact) mass is 540 g/mol. The molecule has 5 aromatic rings. The lowest BCUT2D eigenvalue weighted by atomic mass is 9.83. The number of carbonyl (C=O) groups excluding carboxylic acids is 2. The van der Waals surface area contributed by atoms with Crippen molar-refractivity contribution in [2.75, 3.05) is 4.90 Å². The number of nitrogens with zero attached hydrogens (tertiary/aromatic N) is 2. The molecule has 202 valence electrons. The van der Waals surface area contributed by atoms with Crippen LogP contribution in [0.5, 0.6) is 0 Å². The fourth-order valence-corrected chi connectivity index (χ4v) is 6.27. The Bertz CT molecular complexity index is 1940. The van der Waals surface area contributed by atoms with Crippen LogP contribution in [0.4, 0.5) is 5.69 Å². The largest absolute Gasteiger partial charge is 0.450 e. The molecule has 0 bridgehead atoms. The second-order valence-corrected chi connectivity index (χ2v) is 11.0. The molecule has 1 atom stereocenters. The van der Waals surface area contributed by atoms with Gasteiger partial charge in [0.15, 0.2) is 11.0 Å². The van der Waals surface area contributed by atoms with E-state index in [2.05, 4.69) is 0 Å². The highest BCUT2D eigenvalue weighted by Gasteiger charge is 2.65. The van der Waals surface area contributed by atoms with Gasteiger partial charge in [-0.1, -0.05) is 78.4 Å². The molecule has 1 aromatic heterocycles. The average molecular weight is 541 g/mol. The molecule has 2 amide bonds. The Morgan fingerprint density at radius 2 is 1.39 bits per heavy atom. The summed E-state index contributed by atoms with van der Waals surface area (Å²) in [5.41, 5.74) is 4.49. The summed E-state index contributed by atoms with van der Waals surface area (Å²) in [7, 11) is 0. The molecule has 41 heavy (non-hydrogen) atoms. The first-order valence-electron chi connectivity index (χ1n) is 13.7. The van der Waals surface area contributed by atoms with E-state index >= 15 is 0 Å². The number of hydrogen-bond acceptors (Lipinski definition) is 4. The molecule has 0 saturated carbocycles. The third-order valence-corrected chi connectivity index (χ3v) is 8.50. The summed E-state index contributed by atoms with van der Waals surface area (Å²) in [6.45, 7) is 6.31. The zero-order valence-electron chi connectivity index (χ0n) is 23.1. The Morgan fingerprint density at radius 3 is 2.15 bits per heavy atom. The topological polar surface area (TPSA) is 70.8 Å². The summed E-state index contributed by atoms with van der Waals surface area (Å²) in [5.74, 6) is -0.873. The molecular weight excluding hydrogens is 512 g/mol. The maximum Gasteiger partial charge on any atom is 0.291 e. The molecule has 6 nitrogen and oxygen atoms in total. The number of anilines is 1. The Balaban J connectivity index is 1.52. The summed E-state index contributed by atoms with van der Waals surface area (Å²) in [6, 6.07) is 28.6. The molecule has 6 heteroatoms. The second kappa shape index (κ2) is 9.03. The Labute approximate surface area is 237 Å². The molecule has 2 aliphatic heterocycles. The van der Waals surface area contributed by atoms with Crippen LogP contribution in [0, 0.1) is 20.8 Å². The molecule has 1 spiro atoms. The molecular formula is C35H28N2O4. The summed E-state index contributed by atoms with van der Waals surface area (Å²) in [5, 5.41) is 0.364. The molecule has 2 aliphatic rings. The van der Waals surface area contributed by atoms with E-state index in [1.54, 1.807) is 17.0 Å². The molecule has 0 aliphatic carbocycles. The lowest BCUT2D eigenvalue weighted by Crippen LogP contribution is -2.52. The number of carbonyl (C=O) groups is 2. The first kappa shape index (κ1) is 25.0. The van der Waals surface area contributed by atoms with Gasteiger partial charge in [-0.3, -0.25) is 14.4 Å². The standard InChI is InChI=1S/C35H28N2O4/c1-21-13-15-25(16-14-21)20-37-33(39)32-30(31(38)26-17-22(2)23(3)18-29(26)41-32)35(37)27-11-7-8-12-28(27)36(34(35)40)19-24-9-5-4-6-10-24/h4-18H,19-20H2,1-3H3. The fraction of sp³-hybridized carbons (Fsp3) is 0.171. The van der Waals surface area contributed by atoms with Gasteiger partial charge in [0.05, 0.1) is 23.2 Å². The maximum absolute atomic E-state index is 14.9. The van der Waals surface area contributed by atoms with Gasteiger partial charge in [0.25, 0.3) is 11.8 Å². The highest BCUT2D eigenvalue weighted by atomic mass is 16.3. The SMILES string of the molecule is Cc1ccc(CN2C(=O)c3oc4cc(C)c(C)cc4c(=O)c3C23C(=O)N(Cc2ccccc2)c2ccccc23)cc1. The van der Waals surface area contributed by atoms with E-state index in [0.717, 1.165) is 27.8 Å². The van der Waals surface area contributed by atoms with Crippen LogP contribution in [0.1, 0.15) is 49.5 Å². The van der Waals surface area contributed by atoms with Gasteiger partial charge >= 0.3 is 0 Å². The van der Waals surface area contributed by atoms with Crippen molar-refractivity contribution in [2.24, 2.45) is 0 Å². The van der Waals surface area contributed by atoms with Crippen molar-refractivity contribution in [1.29, 1.82) is 0 Å². The van der Waals surface area contributed by atoms with Gasteiger partial charge in [-0.15, -0.1) is 0 Å². The zero-order valence-corrected chi connectivity index (χ0v) is 23.1. The van der Waals surface area contributed by atoms with Crippen molar-refractivity contribution in [3.63, 3.8) is 0 Å². The average Bonchev–Trinajstić information content (AvgIpc) is 3.36. The second-order valence-electron chi connectivity index (χ2n) is 11.0. The van der Waals surface area contributed by atoms with Crippen LogP contribution in [-0.4, -0.2) is 16.7 Å². The number of benzene rings is 4. The van der Waals surface area contributed by atoms with Crippen molar-refractivity contribution in [3.05, 3.63) is 146 Å². The number of aryl methyl sites for hydroxylation is 3. The van der Waals surface area contributed by atoms with Gasteiger partial charge in [0.2, 0.25) is 5.76 Å². The minimum absolute atomic E-state index is 0.0671. The minimum Gasteiger partial charge on any atom is -0.450 e. The van der Waals surface area contributed by atoms with Crippen LogP contribution in [0.2, 0.25) is 0 Å². The number of amides is 2. The van der Waals surface area contributed by atoms with E-state index < -0.39 is 11.4 Å². The van der Waals surface area contributed by atoms with Crippen molar-refractivity contribution in [3.8, 4) is 0 Å². The highest BCUT2D eigenvalue weighted by molar-refractivity contribution is 6.17. The van der Waals surface area contributed by atoms with Crippen LogP contribution >= 0.6 is 0 Å². The summed E-state index contributed by atoms with van der Waals surface area (Å²) >= 11 is 0. The van der Waals surface area contributed by atoms with E-state index in [1.165, 1.54) is 4.90 Å². The smallest absolute Gasteiger partial charge is 0.291 e. The third kappa shape index (κ3) is 3.53. The van der Waals surface area contributed by atoms with Crippen LogP contribution in [0.3, 0.4) is 0 Å². The molecule has 4 aromatic carbocycles. The lowest BCUT2D eigenvalue weighted by molar-refractivity contribution is -0.126. The molecule has 3 heterocycles. The molecule has 1 unspecified atom stereocenters. The Hall–Kier alpha value is -4.97. The van der Waals surface area contributed by atoms with Gasteiger partial charge in [-0.05, 0) is 61.2 Å². The normalized spacial score (nSPS) is 17.5. The van der Waals surface area contributed by atoms with Crippen molar-refractivity contribution in [1.82, 2.24) is 4.90 Å². The quantitative estimate of drug-likeness (QED) is 0.274. The van der Waals surface area contributed by atoms with Crippen molar-refractivity contribution < 1.29 is 14.0 Å². The predicted molar refractivity (Wildman–Crippen MR) is 158 cm³/mol. The Morgan fingerprint density at radius 1 is 0.732 bits per heavy atom. The van der Waals surface area contributed by atoms with Crippen LogP contribution in [0.15, 0.2) is 100 Å². The lowest BCUT2D eigenvalue weighted by Gasteiger charge is -2.34. The fourth-order valence-electron chi connectivity index (χ4n) is 6.27. The van der Waals surface area contributed by atoms with Gasteiger partial charge < -0.3 is 14.2 Å². The van der Waals surface area contributed by atoms with Gasteiger partial charge in [0.1, 0.15) is 5.58 Å². The number of fused-ring (bicyclic) bond motifs is 5. The summed E-state index contributed by atoms with van der Waals surface area (Å²) in [6.07, 6.45) is 0. The van der Waals surface area contributed by atoms with Gasteiger partial charge in [-0.2, -0.15) is 0 Å². The molecule has 0 radical (unpaired) electrons. The Kier molecular flexibility index (Phi) is 5.51. The minimum atomic E-state index is -1.66. The first-order chi connectivity index (χ1) is 19.8. The summed E-state index contributed by atoms with van der Waals surface area (Å²) < 4.78 is 6.26. The summed E-state index contributed by atoms with van der Waals surface area (Å²) in [4.78, 5) is 46.9. The van der Waals surface area contributed by atoms with E-state index in [4.69, 9.17) is 4.42 Å². The van der Waals surface area contributed by atoms with Crippen molar-refractivity contribution >= 4 is 28.5 Å². The predicted octanol–water partition coefficient (Wildman–Crippen LogP) is 6.16. The third-order valence-electron chi connectivity index (χ3n) is 8.50. The molecule has 0 saturated heterocycles. The molecule has 0 N–H and O–H groups in total. The number of para-hydroxylation sites is 1. The van der Waals surface area contributed by atoms with E-state index in [9.17, 15) is 14.4 Å². The highest BCUT2D eigenvalue weighted by Crippen LogP contribution is 2.53. The number of rotatable bonds is 4. The van der Waals surface area contributed by atoms with Crippen LogP contribution < -0.4 is 10.3 Å². The number of hydrogen-bond donors (Lipinski definition) is 0. The maximum atomic E-state index is 14.9. The van der Waals surface area contributed by atoms with Crippen LogP contribution in [-0.2, 0) is 23.4 Å². The van der Waals surface area contributed by atoms with Crippen LogP contribution in [0.25, 0.3) is 11.0 Å².